The molecule has 1 aromatic rings. The van der Waals surface area contributed by atoms with Crippen molar-refractivity contribution in [3.63, 3.8) is 0 Å². The van der Waals surface area contributed by atoms with Gasteiger partial charge in [0.1, 0.15) is 5.60 Å². The average molecular weight is 325 g/mol. The van der Waals surface area contributed by atoms with Gasteiger partial charge in [-0.25, -0.2) is 14.8 Å². The Hall–Kier alpha value is -1.40. The van der Waals surface area contributed by atoms with Gasteiger partial charge >= 0.3 is 6.09 Å². The molecular formula is C15H21ClN4O2. The zero-order valence-corrected chi connectivity index (χ0v) is 13.9. The molecule has 6 nitrogen and oxygen atoms in total. The van der Waals surface area contributed by atoms with E-state index in [4.69, 9.17) is 16.3 Å². The van der Waals surface area contributed by atoms with Crippen LogP contribution in [0.2, 0.25) is 5.28 Å². The summed E-state index contributed by atoms with van der Waals surface area (Å²) in [6.07, 6.45) is 3.30. The van der Waals surface area contributed by atoms with Crippen LogP contribution in [0.5, 0.6) is 0 Å². The smallest absolute Gasteiger partial charge is 0.410 e. The van der Waals surface area contributed by atoms with E-state index < -0.39 is 5.60 Å². The van der Waals surface area contributed by atoms with E-state index in [0.29, 0.717) is 5.92 Å². The topological polar surface area (TPSA) is 58.6 Å². The monoisotopic (exact) mass is 324 g/mol. The summed E-state index contributed by atoms with van der Waals surface area (Å²) in [5.74, 6) is 0.542. The largest absolute Gasteiger partial charge is 0.444 e. The fraction of sp³-hybridized carbons (Fsp3) is 0.667. The molecule has 3 heterocycles. The van der Waals surface area contributed by atoms with Crippen LogP contribution in [0.3, 0.4) is 0 Å². The van der Waals surface area contributed by atoms with Gasteiger partial charge in [-0.15, -0.1) is 0 Å². The van der Waals surface area contributed by atoms with Gasteiger partial charge in [0.15, 0.2) is 0 Å². The lowest BCUT2D eigenvalue weighted by molar-refractivity contribution is -0.0164. The number of carbonyl (C=O) groups excluding carboxylic acids is 1. The van der Waals surface area contributed by atoms with E-state index in [9.17, 15) is 4.79 Å². The van der Waals surface area contributed by atoms with Crippen molar-refractivity contribution in [1.82, 2.24) is 19.8 Å². The highest BCUT2D eigenvalue weighted by molar-refractivity contribution is 6.28. The lowest BCUT2D eigenvalue weighted by Gasteiger charge is -2.43. The summed E-state index contributed by atoms with van der Waals surface area (Å²) in [5, 5.41) is 0.265. The Bertz CT molecular complexity index is 558. The molecule has 0 spiro atoms. The molecule has 0 aromatic carbocycles. The highest BCUT2D eigenvalue weighted by atomic mass is 35.5. The van der Waals surface area contributed by atoms with Crippen LogP contribution >= 0.6 is 11.6 Å². The van der Waals surface area contributed by atoms with Crippen LogP contribution < -0.4 is 0 Å². The maximum atomic E-state index is 12.1. The zero-order chi connectivity index (χ0) is 15.9. The van der Waals surface area contributed by atoms with Crippen LogP contribution in [-0.4, -0.2) is 57.1 Å². The summed E-state index contributed by atoms with van der Waals surface area (Å²) < 4.78 is 5.45. The van der Waals surface area contributed by atoms with Crippen LogP contribution in [0.15, 0.2) is 12.4 Å². The minimum Gasteiger partial charge on any atom is -0.444 e. The number of amides is 1. The molecule has 2 aliphatic heterocycles. The molecule has 1 aromatic heterocycles. The summed E-state index contributed by atoms with van der Waals surface area (Å²) in [6.45, 7) is 9.11. The van der Waals surface area contributed by atoms with Crippen molar-refractivity contribution in [3.8, 4) is 0 Å². The minimum atomic E-state index is -0.443. The minimum absolute atomic E-state index is 0.203. The first-order valence-corrected chi connectivity index (χ1v) is 7.88. The second kappa shape index (κ2) is 5.66. The van der Waals surface area contributed by atoms with Gasteiger partial charge in [0.2, 0.25) is 5.28 Å². The van der Waals surface area contributed by atoms with E-state index in [-0.39, 0.29) is 17.4 Å². The maximum absolute atomic E-state index is 12.1. The van der Waals surface area contributed by atoms with Crippen molar-refractivity contribution in [2.24, 2.45) is 5.92 Å². The van der Waals surface area contributed by atoms with Crippen molar-refractivity contribution in [2.45, 2.75) is 39.0 Å². The Morgan fingerprint density at radius 1 is 1.32 bits per heavy atom. The van der Waals surface area contributed by atoms with Crippen LogP contribution in [-0.2, 0) is 11.3 Å². The molecule has 0 saturated carbocycles. The first kappa shape index (κ1) is 15.5. The highest BCUT2D eigenvalue weighted by Crippen LogP contribution is 2.34. The van der Waals surface area contributed by atoms with E-state index in [2.05, 4.69) is 14.9 Å². The number of fused-ring (bicyclic) bond motifs is 1. The number of aromatic nitrogens is 2. The summed E-state index contributed by atoms with van der Waals surface area (Å²) in [5.41, 5.74) is 0.593. The Kier molecular flexibility index (Phi) is 3.99. The molecule has 3 rings (SSSR count). The first-order valence-electron chi connectivity index (χ1n) is 7.50. The number of likely N-dealkylation sites (tertiary alicyclic amines) is 2. The number of halogens is 1. The van der Waals surface area contributed by atoms with Gasteiger partial charge in [0, 0.05) is 50.1 Å². The fourth-order valence-corrected chi connectivity index (χ4v) is 3.16. The average Bonchev–Trinajstić information content (AvgIpc) is 2.68. The quantitative estimate of drug-likeness (QED) is 0.780. The third kappa shape index (κ3) is 3.33. The molecule has 7 heteroatoms. The van der Waals surface area contributed by atoms with E-state index in [1.807, 2.05) is 25.7 Å². The summed E-state index contributed by atoms with van der Waals surface area (Å²) in [7, 11) is 0. The Morgan fingerprint density at radius 2 is 2.00 bits per heavy atom. The predicted octanol–water partition coefficient (Wildman–Crippen LogP) is 2.18. The van der Waals surface area contributed by atoms with Crippen molar-refractivity contribution in [2.75, 3.05) is 19.6 Å². The third-order valence-electron chi connectivity index (χ3n) is 4.02. The van der Waals surface area contributed by atoms with Crippen LogP contribution in [0, 0.1) is 5.92 Å². The first-order chi connectivity index (χ1) is 10.3. The molecule has 1 amide bonds. The third-order valence-corrected chi connectivity index (χ3v) is 4.22. The molecule has 0 aliphatic carbocycles. The van der Waals surface area contributed by atoms with Crippen LogP contribution in [0.25, 0.3) is 0 Å². The second-order valence-electron chi connectivity index (χ2n) is 7.01. The number of carbonyl (C=O) groups is 1. The van der Waals surface area contributed by atoms with E-state index >= 15 is 0 Å². The lowest BCUT2D eigenvalue weighted by Crippen LogP contribution is -2.59. The lowest BCUT2D eigenvalue weighted by atomic mass is 9.93. The summed E-state index contributed by atoms with van der Waals surface area (Å²) in [6, 6.07) is 0.267. The predicted molar refractivity (Wildman–Crippen MR) is 82.5 cm³/mol. The van der Waals surface area contributed by atoms with Gasteiger partial charge in [-0.1, -0.05) is 0 Å². The number of rotatable bonds is 2. The normalized spacial score (nSPS) is 24.8. The molecule has 2 aliphatic rings. The molecule has 2 atom stereocenters. The highest BCUT2D eigenvalue weighted by Gasteiger charge is 2.48. The number of nitrogens with zero attached hydrogens (tertiary/aromatic N) is 4. The Labute approximate surface area is 135 Å². The molecular weight excluding hydrogens is 304 g/mol. The molecule has 0 unspecified atom stereocenters. The number of hydrogen-bond donors (Lipinski definition) is 0. The second-order valence-corrected chi connectivity index (χ2v) is 7.35. The van der Waals surface area contributed by atoms with Crippen molar-refractivity contribution < 1.29 is 9.53 Å². The van der Waals surface area contributed by atoms with Gasteiger partial charge in [-0.3, -0.25) is 4.90 Å². The van der Waals surface area contributed by atoms with E-state index in [1.165, 1.54) is 0 Å². The molecule has 120 valence electrons. The zero-order valence-electron chi connectivity index (χ0n) is 13.1. The van der Waals surface area contributed by atoms with Gasteiger partial charge in [-0.2, -0.15) is 0 Å². The number of ether oxygens (including phenoxy) is 1. The standard InChI is InChI=1S/C15H21ClN4O2/c1-15(2,3)22-14(21)20-8-11-7-19(9-12(11)20)6-10-4-17-13(16)18-5-10/h4-5,11-12H,6-9H2,1-3H3/t11-,12-/m1/s1. The van der Waals surface area contributed by atoms with Crippen molar-refractivity contribution >= 4 is 17.7 Å². The van der Waals surface area contributed by atoms with Crippen molar-refractivity contribution in [1.29, 1.82) is 0 Å². The molecule has 0 radical (unpaired) electrons. The SMILES string of the molecule is CC(C)(C)OC(=O)N1C[C@H]2CN(Cc3cnc(Cl)nc3)C[C@H]21. The Morgan fingerprint density at radius 3 is 2.64 bits per heavy atom. The summed E-state index contributed by atoms with van der Waals surface area (Å²) >= 11 is 5.70. The maximum Gasteiger partial charge on any atom is 0.410 e. The number of hydrogen-bond acceptors (Lipinski definition) is 5. The molecule has 0 N–H and O–H groups in total. The van der Waals surface area contributed by atoms with Gasteiger partial charge in [0.25, 0.3) is 0 Å². The van der Waals surface area contributed by atoms with Gasteiger partial charge in [0.05, 0.1) is 6.04 Å². The van der Waals surface area contributed by atoms with Gasteiger partial charge < -0.3 is 9.64 Å². The van der Waals surface area contributed by atoms with Crippen LogP contribution in [0.1, 0.15) is 26.3 Å². The molecule has 22 heavy (non-hydrogen) atoms. The van der Waals surface area contributed by atoms with E-state index in [0.717, 1.165) is 31.7 Å². The summed E-state index contributed by atoms with van der Waals surface area (Å²) in [4.78, 5) is 24.3. The van der Waals surface area contributed by atoms with E-state index in [1.54, 1.807) is 12.4 Å². The van der Waals surface area contributed by atoms with Crippen LogP contribution in [0.4, 0.5) is 4.79 Å². The Balaban J connectivity index is 1.54. The molecule has 2 fully saturated rings. The molecule has 0 bridgehead atoms. The van der Waals surface area contributed by atoms with Crippen molar-refractivity contribution in [3.05, 3.63) is 23.2 Å². The molecule has 2 saturated heterocycles. The fourth-order valence-electron chi connectivity index (χ4n) is 3.06. The van der Waals surface area contributed by atoms with Gasteiger partial charge in [-0.05, 0) is 32.4 Å².